The van der Waals surface area contributed by atoms with Crippen LogP contribution in [0, 0.1) is 0 Å². The number of amides is 2. The van der Waals surface area contributed by atoms with Gasteiger partial charge in [0.1, 0.15) is 0 Å². The average molecular weight is 395 g/mol. The van der Waals surface area contributed by atoms with Crippen LogP contribution in [-0.2, 0) is 9.59 Å². The molecule has 0 bridgehead atoms. The van der Waals surface area contributed by atoms with Crippen molar-refractivity contribution in [3.8, 4) is 0 Å². The molecule has 6 heteroatoms. The number of unbranched alkanes of at least 4 members (excludes halogenated alkanes) is 5. The molecule has 0 aromatic heterocycles. The third kappa shape index (κ3) is 7.36. The van der Waals surface area contributed by atoms with Crippen molar-refractivity contribution in [1.29, 1.82) is 0 Å². The second-order valence-electron chi connectivity index (χ2n) is 9.03. The van der Waals surface area contributed by atoms with Crippen LogP contribution in [-0.4, -0.2) is 72.0 Å². The molecule has 4 unspecified atom stereocenters. The van der Waals surface area contributed by atoms with Crippen LogP contribution in [0.25, 0.3) is 0 Å². The minimum Gasteiger partial charge on any atom is -0.337 e. The van der Waals surface area contributed by atoms with Gasteiger partial charge in [-0.2, -0.15) is 0 Å². The van der Waals surface area contributed by atoms with Crippen molar-refractivity contribution in [2.75, 3.05) is 26.2 Å². The highest BCUT2D eigenvalue weighted by atomic mass is 16.2. The van der Waals surface area contributed by atoms with Crippen molar-refractivity contribution < 1.29 is 9.59 Å². The van der Waals surface area contributed by atoms with Crippen molar-refractivity contribution in [2.24, 2.45) is 0 Å². The lowest BCUT2D eigenvalue weighted by atomic mass is 10.1. The molecule has 6 nitrogen and oxygen atoms in total. The molecule has 4 atom stereocenters. The number of hydrogen-bond acceptors (Lipinski definition) is 4. The van der Waals surface area contributed by atoms with E-state index in [4.69, 9.17) is 0 Å². The first kappa shape index (κ1) is 23.1. The molecule has 2 saturated heterocycles. The van der Waals surface area contributed by atoms with Gasteiger partial charge in [0.15, 0.2) is 0 Å². The Morgan fingerprint density at radius 2 is 1.04 bits per heavy atom. The number of nitrogens with one attached hydrogen (secondary N) is 2. The van der Waals surface area contributed by atoms with Crippen LogP contribution in [0.3, 0.4) is 0 Å². The van der Waals surface area contributed by atoms with Crippen LogP contribution in [0.15, 0.2) is 0 Å². The van der Waals surface area contributed by atoms with Gasteiger partial charge in [0.25, 0.3) is 0 Å². The minimum absolute atomic E-state index is 0.308. The second-order valence-corrected chi connectivity index (χ2v) is 9.03. The van der Waals surface area contributed by atoms with E-state index in [1.54, 1.807) is 0 Å². The number of hydrogen-bond donors (Lipinski definition) is 2. The van der Waals surface area contributed by atoms with Crippen LogP contribution < -0.4 is 10.6 Å². The van der Waals surface area contributed by atoms with Gasteiger partial charge < -0.3 is 20.4 Å². The molecule has 2 N–H and O–H groups in total. The van der Waals surface area contributed by atoms with E-state index < -0.39 is 0 Å². The van der Waals surface area contributed by atoms with Crippen LogP contribution >= 0.6 is 0 Å². The van der Waals surface area contributed by atoms with Crippen molar-refractivity contribution in [3.63, 3.8) is 0 Å². The Morgan fingerprint density at radius 3 is 1.43 bits per heavy atom. The molecule has 28 heavy (non-hydrogen) atoms. The van der Waals surface area contributed by atoms with Gasteiger partial charge in [-0.05, 0) is 40.5 Å². The number of piperazine rings is 2. The molecule has 2 amide bonds. The maximum absolute atomic E-state index is 12.4. The second kappa shape index (κ2) is 11.8. The Morgan fingerprint density at radius 1 is 0.679 bits per heavy atom. The summed E-state index contributed by atoms with van der Waals surface area (Å²) < 4.78 is 0. The standard InChI is InChI=1S/C22H42N4O2/c1-17-15-25(19(3)13-23-17)21(27)11-9-7-5-6-8-10-12-22(28)26-16-18(2)24-14-20(26)4/h17-20,23-24H,5-16H2,1-4H3. The van der Waals surface area contributed by atoms with Crippen LogP contribution in [0.2, 0.25) is 0 Å². The summed E-state index contributed by atoms with van der Waals surface area (Å²) in [5, 5.41) is 6.84. The Bertz CT molecular complexity index is 455. The molecule has 2 heterocycles. The Balaban J connectivity index is 1.49. The molecular formula is C22H42N4O2. The van der Waals surface area contributed by atoms with Crippen molar-refractivity contribution in [1.82, 2.24) is 20.4 Å². The summed E-state index contributed by atoms with van der Waals surface area (Å²) in [5.74, 6) is 0.622. The lowest BCUT2D eigenvalue weighted by Gasteiger charge is -2.37. The van der Waals surface area contributed by atoms with Gasteiger partial charge in [0.2, 0.25) is 11.8 Å². The van der Waals surface area contributed by atoms with Crippen LogP contribution in [0.4, 0.5) is 0 Å². The van der Waals surface area contributed by atoms with Gasteiger partial charge in [-0.15, -0.1) is 0 Å². The summed E-state index contributed by atoms with van der Waals surface area (Å²) in [7, 11) is 0. The molecule has 2 aliphatic heterocycles. The zero-order valence-corrected chi connectivity index (χ0v) is 18.5. The third-order valence-electron chi connectivity index (χ3n) is 6.20. The van der Waals surface area contributed by atoms with Gasteiger partial charge in [-0.1, -0.05) is 25.7 Å². The highest BCUT2D eigenvalue weighted by molar-refractivity contribution is 5.77. The van der Waals surface area contributed by atoms with Crippen molar-refractivity contribution >= 4 is 11.8 Å². The maximum atomic E-state index is 12.4. The third-order valence-corrected chi connectivity index (χ3v) is 6.20. The Hall–Kier alpha value is -1.14. The maximum Gasteiger partial charge on any atom is 0.222 e. The van der Waals surface area contributed by atoms with Crippen LogP contribution in [0.1, 0.15) is 79.1 Å². The van der Waals surface area contributed by atoms with Crippen LogP contribution in [0.5, 0.6) is 0 Å². The van der Waals surface area contributed by atoms with Crippen molar-refractivity contribution in [3.05, 3.63) is 0 Å². The van der Waals surface area contributed by atoms with E-state index in [1.807, 2.05) is 9.80 Å². The first-order valence-electron chi connectivity index (χ1n) is 11.4. The summed E-state index contributed by atoms with van der Waals surface area (Å²) in [4.78, 5) is 28.9. The lowest BCUT2D eigenvalue weighted by molar-refractivity contribution is -0.135. The molecule has 2 fully saturated rings. The first-order chi connectivity index (χ1) is 13.4. The van der Waals surface area contributed by atoms with Gasteiger partial charge >= 0.3 is 0 Å². The smallest absolute Gasteiger partial charge is 0.222 e. The van der Waals surface area contributed by atoms with Gasteiger partial charge in [-0.3, -0.25) is 9.59 Å². The van der Waals surface area contributed by atoms with E-state index in [0.717, 1.165) is 64.7 Å². The van der Waals surface area contributed by atoms with E-state index in [2.05, 4.69) is 38.3 Å². The molecule has 0 aliphatic carbocycles. The molecule has 2 aliphatic rings. The SMILES string of the molecule is CC1CN(C(=O)CCCCCCCCC(=O)N2CC(C)NCC2C)C(C)CN1. The Labute approximate surface area is 171 Å². The predicted octanol–water partition coefficient (Wildman–Crippen LogP) is 2.52. The quantitative estimate of drug-likeness (QED) is 0.590. The molecule has 0 aromatic rings. The number of carbonyl (C=O) groups excluding carboxylic acids is 2. The summed E-state index contributed by atoms with van der Waals surface area (Å²) in [6, 6.07) is 1.41. The fraction of sp³-hybridized carbons (Fsp3) is 0.909. The molecule has 0 saturated carbocycles. The van der Waals surface area contributed by atoms with E-state index in [1.165, 1.54) is 0 Å². The minimum atomic E-state index is 0.308. The first-order valence-corrected chi connectivity index (χ1v) is 11.4. The zero-order chi connectivity index (χ0) is 20.5. The molecule has 0 aromatic carbocycles. The largest absolute Gasteiger partial charge is 0.337 e. The number of rotatable bonds is 9. The number of nitrogens with zero attached hydrogens (tertiary/aromatic N) is 2. The normalized spacial score (nSPS) is 28.4. The van der Waals surface area contributed by atoms with Gasteiger partial charge in [0, 0.05) is 63.2 Å². The summed E-state index contributed by atoms with van der Waals surface area (Å²) in [6.45, 7) is 12.0. The molecule has 162 valence electrons. The topological polar surface area (TPSA) is 64.7 Å². The predicted molar refractivity (Wildman–Crippen MR) is 114 cm³/mol. The summed E-state index contributed by atoms with van der Waals surface area (Å²) in [6.07, 6.45) is 7.87. The highest BCUT2D eigenvalue weighted by Crippen LogP contribution is 2.15. The van der Waals surface area contributed by atoms with Gasteiger partial charge in [-0.25, -0.2) is 0 Å². The fourth-order valence-electron chi connectivity index (χ4n) is 4.28. The highest BCUT2D eigenvalue weighted by Gasteiger charge is 2.26. The molecule has 2 rings (SSSR count). The van der Waals surface area contributed by atoms with E-state index >= 15 is 0 Å². The zero-order valence-electron chi connectivity index (χ0n) is 18.5. The van der Waals surface area contributed by atoms with E-state index in [-0.39, 0.29) is 0 Å². The molecule has 0 spiro atoms. The lowest BCUT2D eigenvalue weighted by Crippen LogP contribution is -2.56. The summed E-state index contributed by atoms with van der Waals surface area (Å²) in [5.41, 5.74) is 0. The monoisotopic (exact) mass is 394 g/mol. The fourth-order valence-corrected chi connectivity index (χ4v) is 4.28. The van der Waals surface area contributed by atoms with E-state index in [9.17, 15) is 9.59 Å². The Kier molecular flexibility index (Phi) is 9.72. The average Bonchev–Trinajstić information content (AvgIpc) is 2.67. The molecular weight excluding hydrogens is 352 g/mol. The van der Waals surface area contributed by atoms with Gasteiger partial charge in [0.05, 0.1) is 0 Å². The molecule has 0 radical (unpaired) electrons. The van der Waals surface area contributed by atoms with E-state index in [0.29, 0.717) is 48.8 Å². The summed E-state index contributed by atoms with van der Waals surface area (Å²) >= 11 is 0. The number of carbonyl (C=O) groups is 2. The van der Waals surface area contributed by atoms with Crippen molar-refractivity contribution in [2.45, 2.75) is 103 Å².